The molecule has 0 unspecified atom stereocenters. The van der Waals surface area contributed by atoms with Crippen molar-refractivity contribution in [1.29, 1.82) is 0 Å². The largest absolute Gasteiger partial charge is 0.496 e. The number of benzene rings is 2. The Morgan fingerprint density at radius 1 is 1.10 bits per heavy atom. The molecule has 10 heteroatoms. The molecule has 0 atom stereocenters. The van der Waals surface area contributed by atoms with Gasteiger partial charge >= 0.3 is 6.18 Å². The Morgan fingerprint density at radius 3 is 2.23 bits per heavy atom. The molecule has 2 aromatic carbocycles. The van der Waals surface area contributed by atoms with E-state index >= 15 is 0 Å². The van der Waals surface area contributed by atoms with Crippen molar-refractivity contribution in [2.45, 2.75) is 30.8 Å². The number of sulfonamides is 1. The van der Waals surface area contributed by atoms with Crippen molar-refractivity contribution in [2.75, 3.05) is 25.5 Å². The lowest BCUT2D eigenvalue weighted by Crippen LogP contribution is -2.41. The molecule has 0 radical (unpaired) electrons. The molecule has 168 valence electrons. The summed E-state index contributed by atoms with van der Waals surface area (Å²) in [6.07, 6.45) is -3.80. The molecule has 1 fully saturated rings. The van der Waals surface area contributed by atoms with E-state index < -0.39 is 27.7 Å². The van der Waals surface area contributed by atoms with Crippen molar-refractivity contribution in [3.63, 3.8) is 0 Å². The van der Waals surface area contributed by atoms with Gasteiger partial charge < -0.3 is 10.1 Å². The Morgan fingerprint density at radius 2 is 1.71 bits per heavy atom. The molecule has 1 N–H and O–H groups in total. The molecule has 31 heavy (non-hydrogen) atoms. The van der Waals surface area contributed by atoms with Gasteiger partial charge in [0.15, 0.2) is 0 Å². The van der Waals surface area contributed by atoms with Crippen molar-refractivity contribution >= 4 is 21.6 Å². The van der Waals surface area contributed by atoms with Crippen molar-refractivity contribution in [1.82, 2.24) is 4.31 Å². The van der Waals surface area contributed by atoms with Gasteiger partial charge in [0.1, 0.15) is 5.75 Å². The summed E-state index contributed by atoms with van der Waals surface area (Å²) >= 11 is 0. The molecule has 1 heterocycles. The zero-order valence-corrected chi connectivity index (χ0v) is 17.9. The van der Waals surface area contributed by atoms with E-state index in [2.05, 4.69) is 5.32 Å². The number of halogens is 3. The van der Waals surface area contributed by atoms with Gasteiger partial charge in [0.05, 0.1) is 17.6 Å². The maximum atomic E-state index is 12.9. The number of hydrogen-bond acceptors (Lipinski definition) is 4. The number of methoxy groups -OCH3 is 1. The number of piperidine rings is 1. The molecule has 2 aromatic rings. The predicted molar refractivity (Wildman–Crippen MR) is 109 cm³/mol. The fourth-order valence-electron chi connectivity index (χ4n) is 3.51. The normalized spacial score (nSPS) is 16.2. The number of aryl methyl sites for hydroxylation is 1. The minimum Gasteiger partial charge on any atom is -0.496 e. The summed E-state index contributed by atoms with van der Waals surface area (Å²) in [7, 11) is -2.19. The Bertz CT molecular complexity index is 1050. The van der Waals surface area contributed by atoms with E-state index in [0.29, 0.717) is 24.2 Å². The first-order chi connectivity index (χ1) is 14.5. The fraction of sp³-hybridized carbons (Fsp3) is 0.381. The second-order valence-electron chi connectivity index (χ2n) is 7.37. The third-order valence-electron chi connectivity index (χ3n) is 5.31. The van der Waals surface area contributed by atoms with Crippen molar-refractivity contribution in [3.05, 3.63) is 53.6 Å². The van der Waals surface area contributed by atoms with E-state index in [9.17, 15) is 26.4 Å². The van der Waals surface area contributed by atoms with Gasteiger partial charge in [-0.1, -0.05) is 0 Å². The number of nitrogens with one attached hydrogen (secondary N) is 1. The molecule has 1 amide bonds. The van der Waals surface area contributed by atoms with Crippen molar-refractivity contribution < 1.29 is 31.1 Å². The van der Waals surface area contributed by atoms with Crippen LogP contribution in [0, 0.1) is 12.8 Å². The standard InChI is InChI=1S/C21H23F3N2O4S/c1-14-13-18(7-8-19(14)30-2)31(28,29)26-11-9-15(10-12-26)20(27)25-17-5-3-16(4-6-17)21(22,23)24/h3-8,13,15H,9-12H2,1-2H3,(H,25,27). The molecule has 0 saturated carbocycles. The molecule has 0 bridgehead atoms. The van der Waals surface area contributed by atoms with Gasteiger partial charge in [0.25, 0.3) is 0 Å². The van der Waals surface area contributed by atoms with E-state index in [0.717, 1.165) is 12.1 Å². The van der Waals surface area contributed by atoms with Gasteiger partial charge in [0, 0.05) is 24.7 Å². The first kappa shape index (κ1) is 23.1. The minimum absolute atomic E-state index is 0.165. The summed E-state index contributed by atoms with van der Waals surface area (Å²) < 4.78 is 70.3. The second-order valence-corrected chi connectivity index (χ2v) is 9.31. The number of ether oxygens (including phenoxy) is 1. The van der Waals surface area contributed by atoms with Crippen LogP contribution in [0.4, 0.5) is 18.9 Å². The van der Waals surface area contributed by atoms with Crippen LogP contribution in [0.25, 0.3) is 0 Å². The van der Waals surface area contributed by atoms with E-state index in [1.807, 2.05) is 0 Å². The monoisotopic (exact) mass is 456 g/mol. The number of anilines is 1. The first-order valence-electron chi connectivity index (χ1n) is 9.65. The molecule has 0 aliphatic carbocycles. The number of rotatable bonds is 5. The number of carbonyl (C=O) groups is 1. The summed E-state index contributed by atoms with van der Waals surface area (Å²) in [5, 5.41) is 2.61. The van der Waals surface area contributed by atoms with Crippen LogP contribution < -0.4 is 10.1 Å². The number of nitrogens with zero attached hydrogens (tertiary/aromatic N) is 1. The smallest absolute Gasteiger partial charge is 0.416 e. The molecule has 0 aromatic heterocycles. The lowest BCUT2D eigenvalue weighted by Gasteiger charge is -2.30. The predicted octanol–water partition coefficient (Wildman–Crippen LogP) is 4.06. The molecular formula is C21H23F3N2O4S. The fourth-order valence-corrected chi connectivity index (χ4v) is 5.06. The highest BCUT2D eigenvalue weighted by Crippen LogP contribution is 2.31. The van der Waals surface area contributed by atoms with Gasteiger partial charge in [-0.05, 0) is 67.8 Å². The topological polar surface area (TPSA) is 75.7 Å². The van der Waals surface area contributed by atoms with Gasteiger partial charge in [-0.2, -0.15) is 17.5 Å². The molecule has 3 rings (SSSR count). The number of alkyl halides is 3. The van der Waals surface area contributed by atoms with Gasteiger partial charge in [-0.25, -0.2) is 8.42 Å². The number of amides is 1. The van der Waals surface area contributed by atoms with Crippen molar-refractivity contribution in [2.24, 2.45) is 5.92 Å². The highest BCUT2D eigenvalue weighted by atomic mass is 32.2. The SMILES string of the molecule is COc1ccc(S(=O)(=O)N2CCC(C(=O)Nc3ccc(C(F)(F)F)cc3)CC2)cc1C. The van der Waals surface area contributed by atoms with Crippen molar-refractivity contribution in [3.8, 4) is 5.75 Å². The summed E-state index contributed by atoms with van der Waals surface area (Å²) in [4.78, 5) is 12.6. The molecule has 1 aliphatic rings. The van der Waals surface area contributed by atoms with E-state index in [4.69, 9.17) is 4.74 Å². The Balaban J connectivity index is 1.61. The third-order valence-corrected chi connectivity index (χ3v) is 7.20. The van der Waals surface area contributed by atoms with Gasteiger partial charge in [-0.15, -0.1) is 0 Å². The highest BCUT2D eigenvalue weighted by Gasteiger charge is 2.33. The van der Waals surface area contributed by atoms with Gasteiger partial charge in [-0.3, -0.25) is 4.79 Å². The summed E-state index contributed by atoms with van der Waals surface area (Å²) in [5.41, 5.74) is 0.175. The first-order valence-corrected chi connectivity index (χ1v) is 11.1. The quantitative estimate of drug-likeness (QED) is 0.736. The molecule has 1 aliphatic heterocycles. The van der Waals surface area contributed by atoms with E-state index in [1.54, 1.807) is 19.1 Å². The third kappa shape index (κ3) is 5.19. The Kier molecular flexibility index (Phi) is 6.61. The number of carbonyl (C=O) groups excluding carboxylic acids is 1. The summed E-state index contributed by atoms with van der Waals surface area (Å²) in [6.45, 7) is 2.12. The lowest BCUT2D eigenvalue weighted by atomic mass is 9.97. The summed E-state index contributed by atoms with van der Waals surface area (Å²) in [6, 6.07) is 8.86. The van der Waals surface area contributed by atoms with Crippen LogP contribution in [0.5, 0.6) is 5.75 Å². The Hall–Kier alpha value is -2.59. The molecular weight excluding hydrogens is 433 g/mol. The number of hydrogen-bond donors (Lipinski definition) is 1. The molecule has 0 spiro atoms. The second kappa shape index (κ2) is 8.88. The average Bonchev–Trinajstić information content (AvgIpc) is 2.73. The molecule has 6 nitrogen and oxygen atoms in total. The highest BCUT2D eigenvalue weighted by molar-refractivity contribution is 7.89. The minimum atomic E-state index is -4.44. The van der Waals surface area contributed by atoms with Crippen LogP contribution >= 0.6 is 0 Å². The van der Waals surface area contributed by atoms with Crippen LogP contribution in [-0.2, 0) is 21.0 Å². The molecule has 1 saturated heterocycles. The van der Waals surface area contributed by atoms with Crippen LogP contribution in [0.3, 0.4) is 0 Å². The average molecular weight is 456 g/mol. The Labute approximate surface area is 179 Å². The lowest BCUT2D eigenvalue weighted by molar-refractivity contribution is -0.137. The van der Waals surface area contributed by atoms with E-state index in [1.165, 1.54) is 29.6 Å². The van der Waals surface area contributed by atoms with Gasteiger partial charge in [0.2, 0.25) is 15.9 Å². The van der Waals surface area contributed by atoms with Crippen LogP contribution in [0.15, 0.2) is 47.4 Å². The maximum absolute atomic E-state index is 12.9. The van der Waals surface area contributed by atoms with E-state index in [-0.39, 0.29) is 29.6 Å². The van der Waals surface area contributed by atoms with Crippen LogP contribution in [-0.4, -0.2) is 38.8 Å². The van der Waals surface area contributed by atoms with Crippen LogP contribution in [0.2, 0.25) is 0 Å². The van der Waals surface area contributed by atoms with Crippen LogP contribution in [0.1, 0.15) is 24.0 Å². The zero-order chi connectivity index (χ0) is 22.8. The zero-order valence-electron chi connectivity index (χ0n) is 17.1. The maximum Gasteiger partial charge on any atom is 0.416 e. The summed E-state index contributed by atoms with van der Waals surface area (Å²) in [5.74, 6) is -0.166.